The van der Waals surface area contributed by atoms with Crippen LogP contribution in [0, 0.1) is 18.3 Å². The van der Waals surface area contributed by atoms with Crippen LogP contribution in [0.5, 0.6) is 0 Å². The highest BCUT2D eigenvalue weighted by atomic mass is 35.5. The van der Waals surface area contributed by atoms with Gasteiger partial charge in [-0.25, -0.2) is 5.84 Å². The number of rotatable bonds is 2. The number of hydrazine groups is 1. The molecule has 4 nitrogen and oxygen atoms in total. The Bertz CT molecular complexity index is 434. The molecule has 15 heavy (non-hydrogen) atoms. The van der Waals surface area contributed by atoms with E-state index in [0.29, 0.717) is 5.02 Å². The van der Waals surface area contributed by atoms with Crippen LogP contribution in [0.15, 0.2) is 30.1 Å². The van der Waals surface area contributed by atoms with E-state index in [0.717, 1.165) is 11.3 Å². The Morgan fingerprint density at radius 1 is 1.60 bits per heavy atom. The van der Waals surface area contributed by atoms with Gasteiger partial charge in [0.2, 0.25) is 0 Å². The second-order valence-corrected chi connectivity index (χ2v) is 3.47. The summed E-state index contributed by atoms with van der Waals surface area (Å²) in [6.45, 7) is 1.87. The van der Waals surface area contributed by atoms with Crippen LogP contribution in [0.3, 0.4) is 0 Å². The molecular weight excluding hydrogens is 212 g/mol. The first-order valence-electron chi connectivity index (χ1n) is 4.22. The van der Waals surface area contributed by atoms with Gasteiger partial charge < -0.3 is 5.73 Å². The van der Waals surface area contributed by atoms with Crippen LogP contribution in [-0.4, -0.2) is 0 Å². The highest BCUT2D eigenvalue weighted by Crippen LogP contribution is 2.21. The van der Waals surface area contributed by atoms with Crippen molar-refractivity contribution in [1.29, 1.82) is 5.26 Å². The lowest BCUT2D eigenvalue weighted by Crippen LogP contribution is -2.26. The molecule has 1 aromatic carbocycles. The topological polar surface area (TPSA) is 79.1 Å². The molecule has 0 fully saturated rings. The van der Waals surface area contributed by atoms with Crippen LogP contribution < -0.4 is 16.6 Å². The summed E-state index contributed by atoms with van der Waals surface area (Å²) in [5.74, 6) is 5.71. The summed E-state index contributed by atoms with van der Waals surface area (Å²) in [6.07, 6.45) is 1.36. The zero-order valence-corrected chi connectivity index (χ0v) is 8.99. The Morgan fingerprint density at radius 3 is 2.80 bits per heavy atom. The van der Waals surface area contributed by atoms with Crippen molar-refractivity contribution in [3.63, 3.8) is 0 Å². The summed E-state index contributed by atoms with van der Waals surface area (Å²) in [6, 6.07) is 7.06. The third-order valence-electron chi connectivity index (χ3n) is 1.84. The number of hydrogen-bond acceptors (Lipinski definition) is 4. The van der Waals surface area contributed by atoms with Gasteiger partial charge in [-0.15, -0.1) is 0 Å². The Hall–Kier alpha value is -1.70. The van der Waals surface area contributed by atoms with Crippen LogP contribution >= 0.6 is 11.6 Å². The van der Waals surface area contributed by atoms with Crippen molar-refractivity contribution in [1.82, 2.24) is 0 Å². The third-order valence-corrected chi connectivity index (χ3v) is 2.08. The van der Waals surface area contributed by atoms with Crippen molar-refractivity contribution < 1.29 is 0 Å². The van der Waals surface area contributed by atoms with Crippen molar-refractivity contribution in [2.45, 2.75) is 6.92 Å². The normalized spacial score (nSPS) is 10.9. The molecule has 0 aromatic heterocycles. The summed E-state index contributed by atoms with van der Waals surface area (Å²) in [5.41, 5.74) is 7.05. The minimum Gasteiger partial charge on any atom is -0.389 e. The number of benzene rings is 1. The molecule has 0 saturated carbocycles. The fraction of sp³-hybridized carbons (Fsp3) is 0.100. The van der Waals surface area contributed by atoms with E-state index in [-0.39, 0.29) is 5.70 Å². The quantitative estimate of drug-likeness (QED) is 0.453. The van der Waals surface area contributed by atoms with Gasteiger partial charge in [-0.3, -0.25) is 5.01 Å². The molecule has 0 unspecified atom stereocenters. The Morgan fingerprint density at radius 2 is 2.27 bits per heavy atom. The van der Waals surface area contributed by atoms with Crippen LogP contribution in [-0.2, 0) is 0 Å². The first-order valence-corrected chi connectivity index (χ1v) is 4.60. The van der Waals surface area contributed by atoms with Crippen LogP contribution in [0.1, 0.15) is 5.56 Å². The molecule has 4 N–H and O–H groups in total. The number of hydrogen-bond donors (Lipinski definition) is 2. The molecule has 0 atom stereocenters. The van der Waals surface area contributed by atoms with E-state index in [1.165, 1.54) is 11.2 Å². The van der Waals surface area contributed by atoms with Gasteiger partial charge in [0.05, 0.1) is 11.9 Å². The first-order chi connectivity index (χ1) is 7.04. The summed E-state index contributed by atoms with van der Waals surface area (Å²) < 4.78 is 0. The number of allylic oxidation sites excluding steroid dienone is 1. The van der Waals surface area contributed by atoms with E-state index in [4.69, 9.17) is 28.4 Å². The molecule has 0 radical (unpaired) electrons. The zero-order valence-electron chi connectivity index (χ0n) is 8.24. The third kappa shape index (κ3) is 2.88. The molecule has 0 bridgehead atoms. The lowest BCUT2D eigenvalue weighted by molar-refractivity contribution is 1.05. The smallest absolute Gasteiger partial charge is 0.129 e. The van der Waals surface area contributed by atoms with E-state index < -0.39 is 0 Å². The van der Waals surface area contributed by atoms with Crippen molar-refractivity contribution in [2.75, 3.05) is 5.01 Å². The predicted molar refractivity (Wildman–Crippen MR) is 60.7 cm³/mol. The van der Waals surface area contributed by atoms with Gasteiger partial charge in [-0.05, 0) is 30.7 Å². The number of nitrogens with zero attached hydrogens (tertiary/aromatic N) is 2. The molecule has 1 rings (SSSR count). The number of nitriles is 1. The Balaban J connectivity index is 3.03. The second-order valence-electron chi connectivity index (χ2n) is 3.03. The molecule has 0 aliphatic carbocycles. The van der Waals surface area contributed by atoms with Crippen LogP contribution in [0.4, 0.5) is 5.69 Å². The lowest BCUT2D eigenvalue weighted by atomic mass is 10.2. The van der Waals surface area contributed by atoms with Crippen molar-refractivity contribution in [3.05, 3.63) is 40.7 Å². The highest BCUT2D eigenvalue weighted by molar-refractivity contribution is 6.30. The fourth-order valence-corrected chi connectivity index (χ4v) is 1.38. The molecule has 0 aliphatic rings. The predicted octanol–water partition coefficient (Wildman–Crippen LogP) is 1.65. The van der Waals surface area contributed by atoms with Crippen molar-refractivity contribution >= 4 is 17.3 Å². The Kier molecular flexibility index (Phi) is 3.56. The average molecular weight is 223 g/mol. The van der Waals surface area contributed by atoms with Gasteiger partial charge in [0, 0.05) is 5.02 Å². The molecule has 0 heterocycles. The van der Waals surface area contributed by atoms with Gasteiger partial charge in [0.25, 0.3) is 0 Å². The molecule has 0 spiro atoms. The van der Waals surface area contributed by atoms with Crippen molar-refractivity contribution in [3.8, 4) is 6.07 Å². The second kappa shape index (κ2) is 4.69. The van der Waals surface area contributed by atoms with E-state index >= 15 is 0 Å². The summed E-state index contributed by atoms with van der Waals surface area (Å²) >= 11 is 5.80. The molecular formula is C10H11ClN4. The van der Waals surface area contributed by atoms with Crippen LogP contribution in [0.25, 0.3) is 0 Å². The average Bonchev–Trinajstić information content (AvgIpc) is 2.17. The van der Waals surface area contributed by atoms with E-state index in [2.05, 4.69) is 0 Å². The Labute approximate surface area is 93.3 Å². The van der Waals surface area contributed by atoms with Crippen molar-refractivity contribution in [2.24, 2.45) is 11.6 Å². The van der Waals surface area contributed by atoms with E-state index in [9.17, 15) is 0 Å². The highest BCUT2D eigenvalue weighted by Gasteiger charge is 2.03. The standard InChI is InChI=1S/C10H11ClN4/c1-7-4-8(11)2-3-10(7)15(14)6-9(13)5-12/h2-4,6H,13-14H2,1H3/b9-6-. The number of nitrogens with two attached hydrogens (primary N) is 2. The monoisotopic (exact) mass is 222 g/mol. The zero-order chi connectivity index (χ0) is 11.4. The number of halogens is 1. The van der Waals surface area contributed by atoms with E-state index in [1.54, 1.807) is 24.3 Å². The molecule has 1 aromatic rings. The minimum atomic E-state index is 0.0480. The summed E-state index contributed by atoms with van der Waals surface area (Å²) in [5, 5.41) is 10.4. The lowest BCUT2D eigenvalue weighted by Gasteiger charge is -2.16. The minimum absolute atomic E-state index is 0.0480. The maximum atomic E-state index is 8.50. The summed E-state index contributed by atoms with van der Waals surface area (Å²) in [4.78, 5) is 0. The van der Waals surface area contributed by atoms with Gasteiger partial charge >= 0.3 is 0 Å². The van der Waals surface area contributed by atoms with Gasteiger partial charge in [-0.2, -0.15) is 5.26 Å². The largest absolute Gasteiger partial charge is 0.389 e. The molecule has 0 aliphatic heterocycles. The first kappa shape index (κ1) is 11.4. The molecule has 0 saturated heterocycles. The van der Waals surface area contributed by atoms with Gasteiger partial charge in [0.1, 0.15) is 11.8 Å². The SMILES string of the molecule is Cc1cc(Cl)ccc1N(N)/C=C(\N)C#N. The maximum absolute atomic E-state index is 8.50. The molecule has 5 heteroatoms. The van der Waals surface area contributed by atoms with E-state index in [1.807, 2.05) is 6.92 Å². The number of anilines is 1. The van der Waals surface area contributed by atoms with Gasteiger partial charge in [0.15, 0.2) is 0 Å². The maximum Gasteiger partial charge on any atom is 0.129 e. The van der Waals surface area contributed by atoms with Crippen LogP contribution in [0.2, 0.25) is 5.02 Å². The molecule has 78 valence electrons. The number of aryl methyl sites for hydroxylation is 1. The summed E-state index contributed by atoms with van der Waals surface area (Å²) in [7, 11) is 0. The molecule has 0 amide bonds. The fourth-order valence-electron chi connectivity index (χ4n) is 1.16. The van der Waals surface area contributed by atoms with Gasteiger partial charge in [-0.1, -0.05) is 11.6 Å².